The molecule has 0 spiro atoms. The highest BCUT2D eigenvalue weighted by molar-refractivity contribution is 7.98. The van der Waals surface area contributed by atoms with E-state index in [4.69, 9.17) is 10.8 Å². The lowest BCUT2D eigenvalue weighted by atomic mass is 10.2. The molecule has 0 aliphatic rings. The maximum absolute atomic E-state index is 12.1. The first kappa shape index (κ1) is 15.9. The Kier molecular flexibility index (Phi) is 5.77. The van der Waals surface area contributed by atoms with Crippen molar-refractivity contribution in [2.24, 2.45) is 5.73 Å². The molecule has 19 heavy (non-hydrogen) atoms. The van der Waals surface area contributed by atoms with Gasteiger partial charge in [-0.05, 0) is 36.9 Å². The largest absolute Gasteiger partial charge is 0.478 e. The van der Waals surface area contributed by atoms with Crippen LogP contribution in [0.2, 0.25) is 0 Å². The number of rotatable bonds is 6. The molecule has 0 saturated carbocycles. The molecule has 1 atom stereocenters. The van der Waals surface area contributed by atoms with Gasteiger partial charge in [-0.1, -0.05) is 0 Å². The fourth-order valence-corrected chi connectivity index (χ4v) is 2.89. The molecule has 0 unspecified atom stereocenters. The van der Waals surface area contributed by atoms with Crippen molar-refractivity contribution in [2.45, 2.75) is 19.4 Å². The number of carbonyl (C=O) groups is 2. The zero-order valence-electron chi connectivity index (χ0n) is 11.0. The van der Waals surface area contributed by atoms with Gasteiger partial charge in [0.2, 0.25) is 5.91 Å². The molecule has 0 bridgehead atoms. The summed E-state index contributed by atoms with van der Waals surface area (Å²) in [5.74, 6) is -0.590. The summed E-state index contributed by atoms with van der Waals surface area (Å²) in [6.07, 6.45) is 2.50. The van der Waals surface area contributed by atoms with Gasteiger partial charge in [0.15, 0.2) is 0 Å². The molecule has 8 heteroatoms. The fraction of sp³-hybridized carbons (Fsp3) is 0.545. The van der Waals surface area contributed by atoms with Crippen molar-refractivity contribution in [3.63, 3.8) is 0 Å². The van der Waals surface area contributed by atoms with Crippen molar-refractivity contribution in [3.8, 4) is 0 Å². The topological polar surface area (TPSA) is 96.5 Å². The van der Waals surface area contributed by atoms with Gasteiger partial charge in [-0.2, -0.15) is 16.1 Å². The molecule has 0 fully saturated rings. The minimum Gasteiger partial charge on any atom is -0.478 e. The van der Waals surface area contributed by atoms with E-state index in [1.807, 2.05) is 6.26 Å². The number of hydrogen-bond donors (Lipinski definition) is 2. The molecule has 3 N–H and O–H groups in total. The van der Waals surface area contributed by atoms with Gasteiger partial charge in [-0.15, -0.1) is 0 Å². The maximum Gasteiger partial charge on any atom is 0.340 e. The van der Waals surface area contributed by atoms with Crippen LogP contribution in [0.5, 0.6) is 0 Å². The van der Waals surface area contributed by atoms with Gasteiger partial charge in [0.25, 0.3) is 0 Å². The van der Waals surface area contributed by atoms with Gasteiger partial charge in [0, 0.05) is 7.05 Å². The van der Waals surface area contributed by atoms with Crippen LogP contribution in [0, 0.1) is 6.92 Å². The second-order valence-corrected chi connectivity index (χ2v) is 5.78. The van der Waals surface area contributed by atoms with Gasteiger partial charge in [-0.25, -0.2) is 4.79 Å². The predicted octanol–water partition coefficient (Wildman–Crippen LogP) is 1.19. The number of carboxylic acids is 1. The second-order valence-electron chi connectivity index (χ2n) is 4.04. The lowest BCUT2D eigenvalue weighted by Gasteiger charge is -2.20. The Labute approximate surface area is 120 Å². The summed E-state index contributed by atoms with van der Waals surface area (Å²) in [5.41, 5.74) is 6.28. The first-order valence-corrected chi connectivity index (χ1v) is 7.78. The van der Waals surface area contributed by atoms with Gasteiger partial charge in [0.1, 0.15) is 10.6 Å². The first-order chi connectivity index (χ1) is 8.90. The molecular weight excluding hydrogens is 286 g/mol. The maximum atomic E-state index is 12.1. The summed E-state index contributed by atoms with van der Waals surface area (Å²) in [7, 11) is 1.53. The third kappa shape index (κ3) is 3.68. The molecule has 1 aromatic heterocycles. The molecular formula is C11H17N3O3S2. The number of carbonyl (C=O) groups excluding carboxylic acids is 1. The SMILES string of the molecule is CSCC[C@H](N)C(=O)N(C)c1snc(C)c1C(=O)O. The summed E-state index contributed by atoms with van der Waals surface area (Å²) < 4.78 is 3.98. The molecule has 1 heterocycles. The van der Waals surface area contributed by atoms with Crippen LogP contribution >= 0.6 is 23.3 Å². The monoisotopic (exact) mass is 303 g/mol. The lowest BCUT2D eigenvalue weighted by Crippen LogP contribution is -2.42. The van der Waals surface area contributed by atoms with Crippen LogP contribution in [-0.2, 0) is 4.79 Å². The van der Waals surface area contributed by atoms with E-state index >= 15 is 0 Å². The molecule has 6 nitrogen and oxygen atoms in total. The van der Waals surface area contributed by atoms with E-state index in [0.717, 1.165) is 17.3 Å². The van der Waals surface area contributed by atoms with E-state index < -0.39 is 12.0 Å². The number of nitrogens with two attached hydrogens (primary N) is 1. The van der Waals surface area contributed by atoms with Crippen molar-refractivity contribution in [1.29, 1.82) is 0 Å². The summed E-state index contributed by atoms with van der Waals surface area (Å²) >= 11 is 2.61. The summed E-state index contributed by atoms with van der Waals surface area (Å²) in [5, 5.41) is 9.47. The average Bonchev–Trinajstić information content (AvgIpc) is 2.76. The summed E-state index contributed by atoms with van der Waals surface area (Å²) in [4.78, 5) is 24.6. The zero-order valence-corrected chi connectivity index (χ0v) is 12.7. The molecule has 106 valence electrons. The number of aromatic carboxylic acids is 1. The second kappa shape index (κ2) is 6.88. The third-order valence-electron chi connectivity index (χ3n) is 2.64. The van der Waals surface area contributed by atoms with Gasteiger partial charge >= 0.3 is 5.97 Å². The van der Waals surface area contributed by atoms with E-state index in [0.29, 0.717) is 17.1 Å². The van der Waals surface area contributed by atoms with Crippen molar-refractivity contribution < 1.29 is 14.7 Å². The summed E-state index contributed by atoms with van der Waals surface area (Å²) in [6.45, 7) is 1.61. The Bertz CT molecular complexity index is 476. The molecule has 1 rings (SSSR count). The highest BCUT2D eigenvalue weighted by Gasteiger charge is 2.26. The zero-order chi connectivity index (χ0) is 14.6. The fourth-order valence-electron chi connectivity index (χ4n) is 1.55. The Morgan fingerprint density at radius 2 is 2.21 bits per heavy atom. The normalized spacial score (nSPS) is 12.2. The smallest absolute Gasteiger partial charge is 0.340 e. The molecule has 0 aliphatic heterocycles. The van der Waals surface area contributed by atoms with Crippen LogP contribution in [0.15, 0.2) is 0 Å². The predicted molar refractivity (Wildman–Crippen MR) is 78.2 cm³/mol. The molecule has 0 radical (unpaired) electrons. The number of amides is 1. The minimum atomic E-state index is -1.08. The number of aromatic nitrogens is 1. The van der Waals surface area contributed by atoms with Crippen molar-refractivity contribution >= 4 is 40.2 Å². The highest BCUT2D eigenvalue weighted by Crippen LogP contribution is 2.28. The van der Waals surface area contributed by atoms with Crippen LogP contribution < -0.4 is 10.6 Å². The van der Waals surface area contributed by atoms with E-state index in [2.05, 4.69) is 4.37 Å². The van der Waals surface area contributed by atoms with Crippen LogP contribution in [0.4, 0.5) is 5.00 Å². The van der Waals surface area contributed by atoms with E-state index in [9.17, 15) is 9.59 Å². The lowest BCUT2D eigenvalue weighted by molar-refractivity contribution is -0.119. The first-order valence-electron chi connectivity index (χ1n) is 5.61. The van der Waals surface area contributed by atoms with E-state index in [1.165, 1.54) is 11.9 Å². The van der Waals surface area contributed by atoms with Gasteiger partial charge in [-0.3, -0.25) is 4.79 Å². The van der Waals surface area contributed by atoms with Gasteiger partial charge < -0.3 is 15.7 Å². The molecule has 1 amide bonds. The van der Waals surface area contributed by atoms with Crippen molar-refractivity contribution in [2.75, 3.05) is 24.0 Å². The number of aryl methyl sites for hydroxylation is 1. The Morgan fingerprint density at radius 1 is 1.58 bits per heavy atom. The number of nitrogens with zero attached hydrogens (tertiary/aromatic N) is 2. The number of likely N-dealkylation sites (N-methyl/N-ethyl adjacent to an activating group) is 1. The van der Waals surface area contributed by atoms with E-state index in [1.54, 1.807) is 18.7 Å². The summed E-state index contributed by atoms with van der Waals surface area (Å²) in [6, 6.07) is -0.624. The van der Waals surface area contributed by atoms with Crippen LogP contribution in [0.1, 0.15) is 22.5 Å². The Morgan fingerprint density at radius 3 is 2.74 bits per heavy atom. The molecule has 1 aromatic rings. The minimum absolute atomic E-state index is 0.0675. The number of carboxylic acid groups (broad SMARTS) is 1. The molecule has 0 aromatic carbocycles. The Hall–Kier alpha value is -1.12. The molecule has 0 saturated heterocycles. The van der Waals surface area contributed by atoms with Gasteiger partial charge in [0.05, 0.1) is 11.7 Å². The Balaban J connectivity index is 2.91. The standard InChI is InChI=1S/C11H17N3O3S2/c1-6-8(11(16)17)10(19-13-6)14(2)9(15)7(12)4-5-18-3/h7H,4-5,12H2,1-3H3,(H,16,17)/t7-/m0/s1. The quantitative estimate of drug-likeness (QED) is 0.819. The number of hydrogen-bond acceptors (Lipinski definition) is 6. The van der Waals surface area contributed by atoms with Crippen molar-refractivity contribution in [3.05, 3.63) is 11.3 Å². The highest BCUT2D eigenvalue weighted by atomic mass is 32.2. The number of thioether (sulfide) groups is 1. The third-order valence-corrected chi connectivity index (χ3v) is 4.30. The average molecular weight is 303 g/mol. The number of anilines is 1. The van der Waals surface area contributed by atoms with E-state index in [-0.39, 0.29) is 11.5 Å². The van der Waals surface area contributed by atoms with Crippen molar-refractivity contribution in [1.82, 2.24) is 4.37 Å². The molecule has 0 aliphatic carbocycles. The van der Waals surface area contributed by atoms with Crippen LogP contribution in [-0.4, -0.2) is 46.5 Å². The van der Waals surface area contributed by atoms with Crippen LogP contribution in [0.25, 0.3) is 0 Å². The van der Waals surface area contributed by atoms with Crippen LogP contribution in [0.3, 0.4) is 0 Å².